The first kappa shape index (κ1) is 15.2. The lowest BCUT2D eigenvalue weighted by molar-refractivity contribution is -0.136. The van der Waals surface area contributed by atoms with Crippen LogP contribution in [0.5, 0.6) is 0 Å². The molecule has 0 heterocycles. The number of aliphatic carboxylic acids is 1. The van der Waals surface area contributed by atoms with Gasteiger partial charge in [-0.1, -0.05) is 25.1 Å². The van der Waals surface area contributed by atoms with Crippen LogP contribution in [0.2, 0.25) is 0 Å². The number of hydrogen-bond donors (Lipinski definition) is 3. The molecular formula is C14H20N2O3. The Morgan fingerprint density at radius 3 is 2.63 bits per heavy atom. The van der Waals surface area contributed by atoms with Crippen LogP contribution in [0, 0.1) is 0 Å². The summed E-state index contributed by atoms with van der Waals surface area (Å²) in [5.74, 6) is -1.09. The zero-order valence-corrected chi connectivity index (χ0v) is 11.3. The van der Waals surface area contributed by atoms with Gasteiger partial charge in [-0.25, -0.2) is 0 Å². The lowest BCUT2D eigenvalue weighted by atomic mass is 10.1. The van der Waals surface area contributed by atoms with Gasteiger partial charge in [0.05, 0.1) is 13.0 Å². The van der Waals surface area contributed by atoms with E-state index >= 15 is 0 Å². The summed E-state index contributed by atoms with van der Waals surface area (Å²) < 4.78 is 0. The Kier molecular flexibility index (Phi) is 6.02. The molecule has 1 aromatic carbocycles. The Morgan fingerprint density at radius 2 is 2.00 bits per heavy atom. The number of para-hydroxylation sites is 1. The Morgan fingerprint density at radius 1 is 1.32 bits per heavy atom. The second-order valence-corrected chi connectivity index (χ2v) is 4.47. The van der Waals surface area contributed by atoms with Gasteiger partial charge in [0.2, 0.25) is 5.91 Å². The Balaban J connectivity index is 2.61. The van der Waals surface area contributed by atoms with Crippen LogP contribution in [0.25, 0.3) is 0 Å². The number of nitrogens with one attached hydrogen (secondary N) is 2. The number of carbonyl (C=O) groups is 2. The van der Waals surface area contributed by atoms with Gasteiger partial charge in [-0.2, -0.15) is 0 Å². The maximum atomic E-state index is 11.7. The topological polar surface area (TPSA) is 78.4 Å². The summed E-state index contributed by atoms with van der Waals surface area (Å²) >= 11 is 0. The van der Waals surface area contributed by atoms with Crippen molar-refractivity contribution in [3.63, 3.8) is 0 Å². The molecule has 0 fully saturated rings. The van der Waals surface area contributed by atoms with Crippen molar-refractivity contribution < 1.29 is 14.7 Å². The molecule has 1 unspecified atom stereocenters. The molecule has 0 aliphatic rings. The largest absolute Gasteiger partial charge is 0.481 e. The lowest BCUT2D eigenvalue weighted by Crippen LogP contribution is -2.34. The molecule has 0 aliphatic carbocycles. The fourth-order valence-corrected chi connectivity index (χ4v) is 1.56. The number of carboxylic acids is 1. The molecule has 0 bridgehead atoms. The highest BCUT2D eigenvalue weighted by molar-refractivity contribution is 5.93. The summed E-state index contributed by atoms with van der Waals surface area (Å²) in [7, 11) is 0. The summed E-state index contributed by atoms with van der Waals surface area (Å²) in [6, 6.07) is 7.21. The number of anilines is 1. The molecule has 19 heavy (non-hydrogen) atoms. The molecule has 0 saturated heterocycles. The second kappa shape index (κ2) is 7.53. The van der Waals surface area contributed by atoms with Crippen LogP contribution < -0.4 is 10.6 Å². The zero-order valence-electron chi connectivity index (χ0n) is 11.3. The van der Waals surface area contributed by atoms with Gasteiger partial charge in [0, 0.05) is 11.7 Å². The van der Waals surface area contributed by atoms with E-state index in [1.807, 2.05) is 13.8 Å². The standard InChI is InChI=1S/C14H20N2O3/c1-3-10(2)15-9-13(17)16-12-7-5-4-6-11(12)8-14(18)19/h4-7,10,15H,3,8-9H2,1-2H3,(H,16,17)(H,18,19). The highest BCUT2D eigenvalue weighted by atomic mass is 16.4. The molecule has 0 aromatic heterocycles. The minimum Gasteiger partial charge on any atom is -0.481 e. The number of hydrogen-bond acceptors (Lipinski definition) is 3. The summed E-state index contributed by atoms with van der Waals surface area (Å²) in [6.07, 6.45) is 0.845. The van der Waals surface area contributed by atoms with Crippen LogP contribution in [-0.2, 0) is 16.0 Å². The summed E-state index contributed by atoms with van der Waals surface area (Å²) in [6.45, 7) is 4.26. The van der Waals surface area contributed by atoms with Crippen LogP contribution >= 0.6 is 0 Å². The summed E-state index contributed by atoms with van der Waals surface area (Å²) in [4.78, 5) is 22.5. The molecule has 5 heteroatoms. The average Bonchev–Trinajstić information content (AvgIpc) is 2.37. The van der Waals surface area contributed by atoms with E-state index in [2.05, 4.69) is 10.6 Å². The Hall–Kier alpha value is -1.88. The van der Waals surface area contributed by atoms with Gasteiger partial charge in [0.1, 0.15) is 0 Å². The Bertz CT molecular complexity index is 446. The molecule has 1 amide bonds. The SMILES string of the molecule is CCC(C)NCC(=O)Nc1ccccc1CC(=O)O. The van der Waals surface area contributed by atoms with Crippen molar-refractivity contribution in [2.45, 2.75) is 32.7 Å². The smallest absolute Gasteiger partial charge is 0.307 e. The quantitative estimate of drug-likeness (QED) is 0.699. The van der Waals surface area contributed by atoms with Gasteiger partial charge in [0.25, 0.3) is 0 Å². The maximum Gasteiger partial charge on any atom is 0.307 e. The van der Waals surface area contributed by atoms with E-state index in [1.165, 1.54) is 0 Å². The normalized spacial score (nSPS) is 11.9. The minimum absolute atomic E-state index is 0.102. The van der Waals surface area contributed by atoms with Crippen LogP contribution in [-0.4, -0.2) is 29.6 Å². The predicted octanol–water partition coefficient (Wildman–Crippen LogP) is 1.64. The highest BCUT2D eigenvalue weighted by Crippen LogP contribution is 2.15. The van der Waals surface area contributed by atoms with Crippen LogP contribution in [0.3, 0.4) is 0 Å². The van der Waals surface area contributed by atoms with Crippen molar-refractivity contribution in [3.8, 4) is 0 Å². The second-order valence-electron chi connectivity index (χ2n) is 4.47. The third-order valence-corrected chi connectivity index (χ3v) is 2.86. The molecule has 0 spiro atoms. The monoisotopic (exact) mass is 264 g/mol. The van der Waals surface area contributed by atoms with Crippen molar-refractivity contribution in [2.75, 3.05) is 11.9 Å². The molecule has 1 aromatic rings. The molecule has 104 valence electrons. The molecule has 0 aliphatic heterocycles. The maximum absolute atomic E-state index is 11.7. The van der Waals surface area contributed by atoms with E-state index < -0.39 is 5.97 Å². The third kappa shape index (κ3) is 5.52. The fraction of sp³-hybridized carbons (Fsp3) is 0.429. The van der Waals surface area contributed by atoms with Crippen molar-refractivity contribution in [1.29, 1.82) is 0 Å². The van der Waals surface area contributed by atoms with E-state index in [0.29, 0.717) is 11.3 Å². The van der Waals surface area contributed by atoms with Gasteiger partial charge >= 0.3 is 5.97 Å². The van der Waals surface area contributed by atoms with E-state index in [4.69, 9.17) is 5.11 Å². The number of amides is 1. The third-order valence-electron chi connectivity index (χ3n) is 2.86. The van der Waals surface area contributed by atoms with Crippen molar-refractivity contribution in [2.24, 2.45) is 0 Å². The minimum atomic E-state index is -0.917. The molecule has 5 nitrogen and oxygen atoms in total. The molecule has 1 atom stereocenters. The van der Waals surface area contributed by atoms with Gasteiger partial charge in [0.15, 0.2) is 0 Å². The van der Waals surface area contributed by atoms with Crippen molar-refractivity contribution >= 4 is 17.6 Å². The molecule has 1 rings (SSSR count). The number of carboxylic acid groups (broad SMARTS) is 1. The van der Waals surface area contributed by atoms with Gasteiger partial charge in [-0.15, -0.1) is 0 Å². The van der Waals surface area contributed by atoms with E-state index in [1.54, 1.807) is 24.3 Å². The van der Waals surface area contributed by atoms with Gasteiger partial charge in [-0.05, 0) is 25.0 Å². The van der Waals surface area contributed by atoms with Crippen molar-refractivity contribution in [1.82, 2.24) is 5.32 Å². The average molecular weight is 264 g/mol. The Labute approximate surface area is 113 Å². The number of carbonyl (C=O) groups excluding carboxylic acids is 1. The summed E-state index contributed by atoms with van der Waals surface area (Å²) in [5.41, 5.74) is 1.16. The first-order valence-corrected chi connectivity index (χ1v) is 6.35. The van der Waals surface area contributed by atoms with Gasteiger partial charge in [-0.3, -0.25) is 9.59 Å². The van der Waals surface area contributed by atoms with E-state index in [0.717, 1.165) is 6.42 Å². The lowest BCUT2D eigenvalue weighted by Gasteiger charge is -2.13. The van der Waals surface area contributed by atoms with E-state index in [-0.39, 0.29) is 24.9 Å². The first-order valence-electron chi connectivity index (χ1n) is 6.35. The number of rotatable bonds is 7. The fourth-order valence-electron chi connectivity index (χ4n) is 1.56. The molecule has 3 N–H and O–H groups in total. The van der Waals surface area contributed by atoms with Crippen LogP contribution in [0.4, 0.5) is 5.69 Å². The summed E-state index contributed by atoms with van der Waals surface area (Å²) in [5, 5.41) is 14.6. The molecule has 0 radical (unpaired) electrons. The number of benzene rings is 1. The first-order chi connectivity index (χ1) is 9.02. The zero-order chi connectivity index (χ0) is 14.3. The van der Waals surface area contributed by atoms with Crippen molar-refractivity contribution in [3.05, 3.63) is 29.8 Å². The molecular weight excluding hydrogens is 244 g/mol. The van der Waals surface area contributed by atoms with Crippen LogP contribution in [0.15, 0.2) is 24.3 Å². The highest BCUT2D eigenvalue weighted by Gasteiger charge is 2.09. The molecule has 0 saturated carbocycles. The van der Waals surface area contributed by atoms with E-state index in [9.17, 15) is 9.59 Å². The van der Waals surface area contributed by atoms with Crippen LogP contribution in [0.1, 0.15) is 25.8 Å². The van der Waals surface area contributed by atoms with Gasteiger partial charge < -0.3 is 15.7 Å². The predicted molar refractivity (Wildman–Crippen MR) is 74.2 cm³/mol.